The van der Waals surface area contributed by atoms with Crippen LogP contribution in [0.15, 0.2) is 23.1 Å². The first-order valence-corrected chi connectivity index (χ1v) is 9.63. The highest BCUT2D eigenvalue weighted by atomic mass is 32.2. The van der Waals surface area contributed by atoms with Gasteiger partial charge in [-0.25, -0.2) is 12.7 Å². The van der Waals surface area contributed by atoms with Crippen molar-refractivity contribution in [2.75, 3.05) is 13.7 Å². The predicted octanol–water partition coefficient (Wildman–Crippen LogP) is 0.849. The molecule has 0 aromatic heterocycles. The summed E-state index contributed by atoms with van der Waals surface area (Å²) in [4.78, 5) is 35.7. The minimum Gasteiger partial charge on any atom is -0.481 e. The molecular weight excluding hydrogens is 376 g/mol. The van der Waals surface area contributed by atoms with E-state index in [1.165, 1.54) is 26.2 Å². The van der Waals surface area contributed by atoms with Crippen LogP contribution in [0.5, 0.6) is 0 Å². The van der Waals surface area contributed by atoms with Gasteiger partial charge in [0.1, 0.15) is 4.90 Å². The van der Waals surface area contributed by atoms with E-state index in [9.17, 15) is 22.8 Å². The first-order valence-electron chi connectivity index (χ1n) is 8.19. The Balaban J connectivity index is 2.38. The van der Waals surface area contributed by atoms with Gasteiger partial charge in [-0.05, 0) is 39.0 Å². The third-order valence-electron chi connectivity index (χ3n) is 4.10. The van der Waals surface area contributed by atoms with Crippen molar-refractivity contribution >= 4 is 27.8 Å². The summed E-state index contributed by atoms with van der Waals surface area (Å²) in [6, 6.07) is 3.19. The Hall–Kier alpha value is -2.46. The predicted molar refractivity (Wildman–Crippen MR) is 94.9 cm³/mol. The van der Waals surface area contributed by atoms with Gasteiger partial charge in [-0.1, -0.05) is 0 Å². The molecule has 0 bridgehead atoms. The number of methoxy groups -OCH3 is 1. The summed E-state index contributed by atoms with van der Waals surface area (Å²) in [5, 5.41) is 11.6. The van der Waals surface area contributed by atoms with E-state index in [0.717, 1.165) is 10.4 Å². The van der Waals surface area contributed by atoms with Crippen LogP contribution in [0.3, 0.4) is 0 Å². The van der Waals surface area contributed by atoms with Crippen molar-refractivity contribution < 1.29 is 32.6 Å². The minimum atomic E-state index is -4.04. The van der Waals surface area contributed by atoms with Crippen LogP contribution in [0.2, 0.25) is 0 Å². The molecule has 2 N–H and O–H groups in total. The maximum atomic E-state index is 12.6. The molecule has 0 fully saturated rings. The maximum absolute atomic E-state index is 12.6. The number of rotatable bonds is 7. The number of carboxylic acids is 1. The molecule has 0 saturated carbocycles. The lowest BCUT2D eigenvalue weighted by molar-refractivity contribution is -0.139. The zero-order chi connectivity index (χ0) is 20.6. The molecule has 1 aliphatic heterocycles. The van der Waals surface area contributed by atoms with Crippen LogP contribution in [0, 0.1) is 0 Å². The van der Waals surface area contributed by atoms with Crippen molar-refractivity contribution in [1.82, 2.24) is 9.62 Å². The maximum Gasteiger partial charge on any atom is 0.305 e. The molecular formula is C17H22N2O7S. The lowest BCUT2D eigenvalue weighted by Gasteiger charge is -2.28. The van der Waals surface area contributed by atoms with Crippen LogP contribution in [-0.4, -0.2) is 60.9 Å². The lowest BCUT2D eigenvalue weighted by atomic mass is 9.98. The van der Waals surface area contributed by atoms with Gasteiger partial charge in [0.2, 0.25) is 0 Å². The Kier molecular flexibility index (Phi) is 5.62. The van der Waals surface area contributed by atoms with Crippen LogP contribution in [0.4, 0.5) is 0 Å². The normalized spacial score (nSPS) is 17.5. The third kappa shape index (κ3) is 3.96. The second-order valence-electron chi connectivity index (χ2n) is 6.93. The van der Waals surface area contributed by atoms with Crippen LogP contribution in [0.1, 0.15) is 47.9 Å². The van der Waals surface area contributed by atoms with Gasteiger partial charge in [0.05, 0.1) is 24.1 Å². The first kappa shape index (κ1) is 20.8. The van der Waals surface area contributed by atoms with Gasteiger partial charge in [0.15, 0.2) is 0 Å². The summed E-state index contributed by atoms with van der Waals surface area (Å²) in [5.74, 6) is -2.42. The van der Waals surface area contributed by atoms with Gasteiger partial charge in [-0.2, -0.15) is 0 Å². The van der Waals surface area contributed by atoms with Gasteiger partial charge in [0, 0.05) is 18.7 Å². The van der Waals surface area contributed by atoms with Crippen LogP contribution in [0.25, 0.3) is 0 Å². The molecule has 1 atom stereocenters. The highest BCUT2D eigenvalue weighted by Crippen LogP contribution is 2.32. The Bertz CT molecular complexity index is 895. The Morgan fingerprint density at radius 1 is 1.33 bits per heavy atom. The fourth-order valence-corrected chi connectivity index (χ4v) is 4.82. The number of carboxylic acid groups (broad SMARTS) is 1. The smallest absolute Gasteiger partial charge is 0.305 e. The van der Waals surface area contributed by atoms with Gasteiger partial charge < -0.3 is 15.2 Å². The van der Waals surface area contributed by atoms with Gasteiger partial charge >= 0.3 is 5.97 Å². The van der Waals surface area contributed by atoms with E-state index in [1.54, 1.807) is 13.8 Å². The first-order chi connectivity index (χ1) is 12.4. The minimum absolute atomic E-state index is 0.00319. The molecule has 0 saturated heterocycles. The highest BCUT2D eigenvalue weighted by molar-refractivity contribution is 7.90. The SMILES string of the molecule is COCC(C)(CC(=O)O)NC(=O)c1ccc2c(c1)S(=O)(=O)N(C(C)C)C2=O. The van der Waals surface area contributed by atoms with Crippen molar-refractivity contribution in [3.63, 3.8) is 0 Å². The standard InChI is InChI=1S/C17H22N2O7S/c1-10(2)19-16(23)12-6-5-11(7-13(12)27(19,24)25)15(22)18-17(3,9-26-4)8-14(20)21/h5-7,10H,8-9H2,1-4H3,(H,18,22)(H,20,21). The Morgan fingerprint density at radius 2 is 1.96 bits per heavy atom. The molecule has 2 rings (SSSR count). The molecule has 9 nitrogen and oxygen atoms in total. The average Bonchev–Trinajstić information content (AvgIpc) is 2.72. The van der Waals surface area contributed by atoms with E-state index in [0.29, 0.717) is 0 Å². The van der Waals surface area contributed by atoms with Gasteiger partial charge in [0.25, 0.3) is 21.8 Å². The summed E-state index contributed by atoms with van der Waals surface area (Å²) in [6.07, 6.45) is -0.380. The molecule has 2 amide bonds. The third-order valence-corrected chi connectivity index (χ3v) is 6.10. The number of hydrogen-bond donors (Lipinski definition) is 2. The summed E-state index contributed by atoms with van der Waals surface area (Å²) in [7, 11) is -2.66. The summed E-state index contributed by atoms with van der Waals surface area (Å²) < 4.78 is 31.0. The lowest BCUT2D eigenvalue weighted by Crippen LogP contribution is -2.50. The van der Waals surface area contributed by atoms with Crippen molar-refractivity contribution in [3.05, 3.63) is 29.3 Å². The van der Waals surface area contributed by atoms with Crippen molar-refractivity contribution in [1.29, 1.82) is 0 Å². The quantitative estimate of drug-likeness (QED) is 0.696. The number of nitrogens with one attached hydrogen (secondary N) is 1. The molecule has 1 aromatic rings. The highest BCUT2D eigenvalue weighted by Gasteiger charge is 2.43. The van der Waals surface area contributed by atoms with E-state index >= 15 is 0 Å². The van der Waals surface area contributed by atoms with Crippen molar-refractivity contribution in [2.24, 2.45) is 0 Å². The summed E-state index contributed by atoms with van der Waals surface area (Å²) >= 11 is 0. The number of amides is 2. The van der Waals surface area contributed by atoms with E-state index in [4.69, 9.17) is 9.84 Å². The number of carbonyl (C=O) groups excluding carboxylic acids is 2. The van der Waals surface area contributed by atoms with Gasteiger partial charge in [-0.3, -0.25) is 14.4 Å². The molecule has 1 heterocycles. The molecule has 0 aliphatic carbocycles. The Morgan fingerprint density at radius 3 is 2.48 bits per heavy atom. The molecule has 1 aliphatic rings. The van der Waals surface area contributed by atoms with Crippen LogP contribution >= 0.6 is 0 Å². The van der Waals surface area contributed by atoms with E-state index in [2.05, 4.69) is 5.32 Å². The van der Waals surface area contributed by atoms with E-state index in [-0.39, 0.29) is 29.1 Å². The zero-order valence-corrected chi connectivity index (χ0v) is 16.3. The zero-order valence-electron chi connectivity index (χ0n) is 15.5. The molecule has 1 aromatic carbocycles. The number of aliphatic carboxylic acids is 1. The molecule has 1 unspecified atom stereocenters. The summed E-state index contributed by atoms with van der Waals surface area (Å²) in [6.45, 7) is 4.62. The largest absolute Gasteiger partial charge is 0.481 e. The second-order valence-corrected chi connectivity index (χ2v) is 8.71. The number of benzene rings is 1. The topological polar surface area (TPSA) is 130 Å². The number of fused-ring (bicyclic) bond motifs is 1. The monoisotopic (exact) mass is 398 g/mol. The molecule has 0 spiro atoms. The fourth-order valence-electron chi connectivity index (χ4n) is 3.03. The molecule has 0 radical (unpaired) electrons. The average molecular weight is 398 g/mol. The van der Waals surface area contributed by atoms with Gasteiger partial charge in [-0.15, -0.1) is 0 Å². The number of nitrogens with zero attached hydrogens (tertiary/aromatic N) is 1. The number of sulfonamides is 1. The van der Waals surface area contributed by atoms with Crippen molar-refractivity contribution in [3.8, 4) is 0 Å². The van der Waals surface area contributed by atoms with E-state index in [1.807, 2.05) is 0 Å². The number of hydrogen-bond acceptors (Lipinski definition) is 6. The van der Waals surface area contributed by atoms with Crippen LogP contribution in [-0.2, 0) is 19.6 Å². The molecule has 10 heteroatoms. The van der Waals surface area contributed by atoms with E-state index < -0.39 is 39.4 Å². The Labute approximate surface area is 157 Å². The summed E-state index contributed by atoms with van der Waals surface area (Å²) in [5.41, 5.74) is -1.18. The molecule has 148 valence electrons. The number of carbonyl (C=O) groups is 3. The fraction of sp³-hybridized carbons (Fsp3) is 0.471. The number of ether oxygens (including phenoxy) is 1. The molecule has 27 heavy (non-hydrogen) atoms. The van der Waals surface area contributed by atoms with Crippen molar-refractivity contribution in [2.45, 2.75) is 43.7 Å². The second kappa shape index (κ2) is 7.28. The van der Waals surface area contributed by atoms with Crippen LogP contribution < -0.4 is 5.32 Å².